The molecule has 0 saturated heterocycles. The summed E-state index contributed by atoms with van der Waals surface area (Å²) in [7, 11) is 1.67. The number of carbonyl (C=O) groups is 1. The smallest absolute Gasteiger partial charge is 0.335 e. The number of benzene rings is 2. The maximum atomic E-state index is 15.2. The first-order chi connectivity index (χ1) is 15.5. The summed E-state index contributed by atoms with van der Waals surface area (Å²) in [5.41, 5.74) is 5.41. The Kier molecular flexibility index (Phi) is 5.25. The van der Waals surface area contributed by atoms with E-state index in [-0.39, 0.29) is 24.0 Å². The first-order valence-corrected chi connectivity index (χ1v) is 11.0. The third-order valence-electron chi connectivity index (χ3n) is 6.85. The molecule has 166 valence electrons. The van der Waals surface area contributed by atoms with Crippen molar-refractivity contribution >= 4 is 16.9 Å². The van der Waals surface area contributed by atoms with Crippen molar-refractivity contribution in [3.63, 3.8) is 0 Å². The normalized spacial score (nSPS) is 19.5. The molecule has 1 atom stereocenters. The zero-order chi connectivity index (χ0) is 22.4. The second kappa shape index (κ2) is 8.10. The van der Waals surface area contributed by atoms with Crippen LogP contribution in [0.4, 0.5) is 4.39 Å². The summed E-state index contributed by atoms with van der Waals surface area (Å²) in [6.07, 6.45) is 4.67. The summed E-state index contributed by atoms with van der Waals surface area (Å²) < 4.78 is 20.9. The lowest BCUT2D eigenvalue weighted by Crippen LogP contribution is -2.34. The van der Waals surface area contributed by atoms with Crippen LogP contribution in [0.3, 0.4) is 0 Å². The minimum Gasteiger partial charge on any atom is -0.496 e. The first-order valence-electron chi connectivity index (χ1n) is 11.0. The number of aromatic nitrogens is 1. The largest absolute Gasteiger partial charge is 0.496 e. The molecular weight excluding hydrogens is 407 g/mol. The third-order valence-corrected chi connectivity index (χ3v) is 6.85. The Balaban J connectivity index is 1.55. The third kappa shape index (κ3) is 3.69. The highest BCUT2D eigenvalue weighted by molar-refractivity contribution is 5.88. The molecule has 1 fully saturated rings. The molecule has 1 aromatic heterocycles. The van der Waals surface area contributed by atoms with Crippen LogP contribution in [0.25, 0.3) is 10.9 Å². The molecule has 6 heteroatoms. The van der Waals surface area contributed by atoms with Gasteiger partial charge in [0.05, 0.1) is 19.2 Å². The van der Waals surface area contributed by atoms with E-state index in [1.807, 2.05) is 37.4 Å². The van der Waals surface area contributed by atoms with Gasteiger partial charge >= 0.3 is 5.97 Å². The number of rotatable bonds is 6. The summed E-state index contributed by atoms with van der Waals surface area (Å²) in [5, 5.41) is 10.3. The fourth-order valence-corrected chi connectivity index (χ4v) is 4.98. The minimum atomic E-state index is -0.944. The number of hydrogen-bond donors (Lipinski definition) is 2. The number of methoxy groups -OCH3 is 1. The Morgan fingerprint density at radius 2 is 2.00 bits per heavy atom. The molecular formula is C26H27FN2O3. The average Bonchev–Trinajstić information content (AvgIpc) is 3.50. The van der Waals surface area contributed by atoms with Crippen molar-refractivity contribution < 1.29 is 19.0 Å². The summed E-state index contributed by atoms with van der Waals surface area (Å²) in [6.45, 7) is 2.83. The van der Waals surface area contributed by atoms with Gasteiger partial charge in [-0.25, -0.2) is 9.18 Å². The number of aryl methyl sites for hydroxylation is 1. The van der Waals surface area contributed by atoms with E-state index in [4.69, 9.17) is 4.74 Å². The first kappa shape index (κ1) is 20.8. The van der Waals surface area contributed by atoms with Crippen LogP contribution >= 0.6 is 0 Å². The predicted molar refractivity (Wildman–Crippen MR) is 122 cm³/mol. The number of aromatic amines is 1. The molecule has 0 spiro atoms. The highest BCUT2D eigenvalue weighted by Gasteiger charge is 2.37. The molecule has 2 aromatic carbocycles. The van der Waals surface area contributed by atoms with Crippen molar-refractivity contribution in [1.29, 1.82) is 0 Å². The summed E-state index contributed by atoms with van der Waals surface area (Å²) in [4.78, 5) is 16.8. The van der Waals surface area contributed by atoms with Crippen LogP contribution in [-0.4, -0.2) is 34.6 Å². The van der Waals surface area contributed by atoms with Crippen molar-refractivity contribution in [3.05, 3.63) is 76.2 Å². The van der Waals surface area contributed by atoms with Gasteiger partial charge in [0.25, 0.3) is 0 Å². The number of carboxylic acids is 1. The van der Waals surface area contributed by atoms with Crippen molar-refractivity contribution in [2.75, 3.05) is 13.7 Å². The quantitative estimate of drug-likeness (QED) is 0.517. The van der Waals surface area contributed by atoms with E-state index in [0.717, 1.165) is 51.8 Å². The van der Waals surface area contributed by atoms with Crippen molar-refractivity contribution in [2.45, 2.75) is 38.8 Å². The van der Waals surface area contributed by atoms with Crippen LogP contribution in [0.15, 0.2) is 54.0 Å². The molecule has 2 aliphatic rings. The molecule has 2 heterocycles. The number of carboxylic acid groups (broad SMARTS) is 1. The standard InChI is InChI=1S/C26H27FN2O3/c1-15-11-24(32-2)21(19-9-10-28-25(15)19)13-29-14-22(27)20(16-3-4-16)12-23(29)17-5-7-18(8-6-17)26(30)31/h5-11,16,23,28H,3-4,12-14H2,1-2H3,(H,30,31)/t23-/m0/s1. The van der Waals surface area contributed by atoms with Gasteiger partial charge in [-0.05, 0) is 73.1 Å². The molecule has 3 aromatic rings. The Morgan fingerprint density at radius 3 is 2.66 bits per heavy atom. The van der Waals surface area contributed by atoms with E-state index in [0.29, 0.717) is 18.9 Å². The van der Waals surface area contributed by atoms with Crippen molar-refractivity contribution in [1.82, 2.24) is 9.88 Å². The Hall–Kier alpha value is -3.12. The molecule has 1 saturated carbocycles. The lowest BCUT2D eigenvalue weighted by molar-refractivity contribution is 0.0697. The van der Waals surface area contributed by atoms with E-state index in [2.05, 4.69) is 9.88 Å². The molecule has 32 heavy (non-hydrogen) atoms. The van der Waals surface area contributed by atoms with Gasteiger partial charge in [-0.2, -0.15) is 0 Å². The number of ether oxygens (including phenoxy) is 1. The number of halogens is 1. The summed E-state index contributed by atoms with van der Waals surface area (Å²) in [5.74, 6) is 0.207. The van der Waals surface area contributed by atoms with E-state index in [1.54, 1.807) is 19.2 Å². The topological polar surface area (TPSA) is 65.6 Å². The second-order valence-electron chi connectivity index (χ2n) is 8.90. The fourth-order valence-electron chi connectivity index (χ4n) is 4.98. The molecule has 0 unspecified atom stereocenters. The van der Waals surface area contributed by atoms with Crippen molar-refractivity contribution in [3.8, 4) is 5.75 Å². The van der Waals surface area contributed by atoms with Crippen LogP contribution in [0.2, 0.25) is 0 Å². The predicted octanol–water partition coefficient (Wildman–Crippen LogP) is 5.76. The molecule has 0 radical (unpaired) electrons. The fraction of sp³-hybridized carbons (Fsp3) is 0.346. The van der Waals surface area contributed by atoms with Gasteiger partial charge in [-0.1, -0.05) is 12.1 Å². The number of fused-ring (bicyclic) bond motifs is 1. The number of nitrogens with one attached hydrogen (secondary N) is 1. The highest BCUT2D eigenvalue weighted by Crippen LogP contribution is 2.47. The molecule has 5 rings (SSSR count). The van der Waals surface area contributed by atoms with Crippen LogP contribution in [-0.2, 0) is 6.54 Å². The molecule has 1 aliphatic carbocycles. The number of hydrogen-bond acceptors (Lipinski definition) is 3. The van der Waals surface area contributed by atoms with Gasteiger partial charge < -0.3 is 14.8 Å². The Morgan fingerprint density at radius 1 is 1.25 bits per heavy atom. The molecule has 2 N–H and O–H groups in total. The zero-order valence-electron chi connectivity index (χ0n) is 18.3. The van der Waals surface area contributed by atoms with Gasteiger partial charge in [0.15, 0.2) is 0 Å². The SMILES string of the molecule is COc1cc(C)c2[nH]ccc2c1CN1CC(F)=C(C2CC2)C[C@H]1c1ccc(C(=O)O)cc1. The maximum absolute atomic E-state index is 15.2. The van der Waals surface area contributed by atoms with Gasteiger partial charge in [0, 0.05) is 35.2 Å². The maximum Gasteiger partial charge on any atom is 0.335 e. The molecule has 1 aliphatic heterocycles. The zero-order valence-corrected chi connectivity index (χ0v) is 18.3. The van der Waals surface area contributed by atoms with Crippen LogP contribution in [0.5, 0.6) is 5.75 Å². The monoisotopic (exact) mass is 434 g/mol. The van der Waals surface area contributed by atoms with Gasteiger partial charge in [-0.15, -0.1) is 0 Å². The van der Waals surface area contributed by atoms with Crippen LogP contribution in [0, 0.1) is 12.8 Å². The van der Waals surface area contributed by atoms with Gasteiger partial charge in [0.2, 0.25) is 0 Å². The van der Waals surface area contributed by atoms with Gasteiger partial charge in [-0.3, -0.25) is 4.90 Å². The van der Waals surface area contributed by atoms with Crippen molar-refractivity contribution in [2.24, 2.45) is 5.92 Å². The van der Waals surface area contributed by atoms with E-state index in [1.165, 1.54) is 0 Å². The highest BCUT2D eigenvalue weighted by atomic mass is 19.1. The number of H-pyrrole nitrogens is 1. The summed E-state index contributed by atoms with van der Waals surface area (Å²) >= 11 is 0. The average molecular weight is 435 g/mol. The lowest BCUT2D eigenvalue weighted by Gasteiger charge is -2.37. The number of aromatic carboxylic acids is 1. The molecule has 0 bridgehead atoms. The van der Waals surface area contributed by atoms with E-state index < -0.39 is 5.97 Å². The second-order valence-corrected chi connectivity index (χ2v) is 8.90. The Bertz CT molecular complexity index is 1210. The van der Waals surface area contributed by atoms with Crippen LogP contribution < -0.4 is 4.74 Å². The van der Waals surface area contributed by atoms with E-state index >= 15 is 4.39 Å². The molecule has 0 amide bonds. The minimum absolute atomic E-state index is 0.0118. The number of nitrogens with zero attached hydrogens (tertiary/aromatic N) is 1. The van der Waals surface area contributed by atoms with E-state index in [9.17, 15) is 9.90 Å². The lowest BCUT2D eigenvalue weighted by atomic mass is 9.89. The summed E-state index contributed by atoms with van der Waals surface area (Å²) in [6, 6.07) is 11.1. The van der Waals surface area contributed by atoms with Crippen LogP contribution in [0.1, 0.15) is 52.4 Å². The molecule has 5 nitrogen and oxygen atoms in total. The Labute approximate surface area is 186 Å². The van der Waals surface area contributed by atoms with Gasteiger partial charge in [0.1, 0.15) is 11.6 Å².